The minimum atomic E-state index is -0.834. The summed E-state index contributed by atoms with van der Waals surface area (Å²) >= 11 is 0. The van der Waals surface area contributed by atoms with Crippen LogP contribution >= 0.6 is 0 Å². The minimum Gasteiger partial charge on any atom is -0.324 e. The Kier molecular flexibility index (Phi) is 3.44. The van der Waals surface area contributed by atoms with Crippen molar-refractivity contribution in [3.63, 3.8) is 0 Å². The second-order valence-electron chi connectivity index (χ2n) is 7.62. The Morgan fingerprint density at radius 2 is 1.85 bits per heavy atom. The van der Waals surface area contributed by atoms with Crippen molar-refractivity contribution in [1.82, 2.24) is 9.88 Å². The van der Waals surface area contributed by atoms with Gasteiger partial charge in [0.15, 0.2) is 0 Å². The maximum Gasteiger partial charge on any atom is 0.247 e. The minimum absolute atomic E-state index is 0.143. The van der Waals surface area contributed by atoms with Crippen LogP contribution in [-0.4, -0.2) is 33.6 Å². The molecule has 1 saturated heterocycles. The maximum atomic E-state index is 12.8. The molecule has 1 aliphatic heterocycles. The van der Waals surface area contributed by atoms with Gasteiger partial charge in [-0.05, 0) is 49.4 Å². The van der Waals surface area contributed by atoms with Gasteiger partial charge < -0.3 is 5.32 Å². The van der Waals surface area contributed by atoms with Crippen molar-refractivity contribution in [2.24, 2.45) is 23.7 Å². The van der Waals surface area contributed by atoms with Crippen LogP contribution in [0.2, 0.25) is 0 Å². The van der Waals surface area contributed by atoms with E-state index in [0.717, 1.165) is 17.3 Å². The molecule has 6 nitrogen and oxygen atoms in total. The summed E-state index contributed by atoms with van der Waals surface area (Å²) in [6.07, 6.45) is 6.70. The summed E-state index contributed by atoms with van der Waals surface area (Å²) in [4.78, 5) is 43.9. The molecule has 2 bridgehead atoms. The highest BCUT2D eigenvalue weighted by Gasteiger charge is 2.60. The molecule has 2 aliphatic carbocycles. The molecule has 2 aromatic rings. The lowest BCUT2D eigenvalue weighted by Crippen LogP contribution is -2.46. The topological polar surface area (TPSA) is 79.4 Å². The number of nitrogens with one attached hydrogen (secondary N) is 1. The molecule has 1 N–H and O–H groups in total. The number of hydrogen-bond donors (Lipinski definition) is 1. The number of pyridine rings is 1. The number of imide groups is 1. The zero-order valence-electron chi connectivity index (χ0n) is 14.8. The lowest BCUT2D eigenvalue weighted by atomic mass is 9.85. The van der Waals surface area contributed by atoms with Crippen molar-refractivity contribution in [2.45, 2.75) is 19.4 Å². The van der Waals surface area contributed by atoms with E-state index in [4.69, 9.17) is 0 Å². The smallest absolute Gasteiger partial charge is 0.247 e. The van der Waals surface area contributed by atoms with E-state index in [-0.39, 0.29) is 41.4 Å². The molecule has 0 radical (unpaired) electrons. The highest BCUT2D eigenvalue weighted by atomic mass is 16.2. The van der Waals surface area contributed by atoms with Gasteiger partial charge >= 0.3 is 0 Å². The first kappa shape index (κ1) is 16.2. The van der Waals surface area contributed by atoms with Crippen LogP contribution in [0, 0.1) is 23.7 Å². The molecule has 0 spiro atoms. The van der Waals surface area contributed by atoms with Crippen molar-refractivity contribution in [3.05, 3.63) is 48.7 Å². The zero-order valence-corrected chi connectivity index (χ0v) is 14.8. The van der Waals surface area contributed by atoms with Gasteiger partial charge in [0, 0.05) is 17.3 Å². The van der Waals surface area contributed by atoms with Gasteiger partial charge in [-0.15, -0.1) is 0 Å². The Morgan fingerprint density at radius 1 is 1.15 bits per heavy atom. The van der Waals surface area contributed by atoms with Gasteiger partial charge in [-0.3, -0.25) is 24.3 Å². The van der Waals surface area contributed by atoms with Crippen molar-refractivity contribution in [3.8, 4) is 0 Å². The number of carbonyl (C=O) groups is 3. The molecule has 1 aromatic carbocycles. The van der Waals surface area contributed by atoms with E-state index in [1.807, 2.05) is 36.4 Å². The number of amides is 3. The van der Waals surface area contributed by atoms with Gasteiger partial charge in [0.25, 0.3) is 0 Å². The first-order valence-electron chi connectivity index (χ1n) is 9.25. The summed E-state index contributed by atoms with van der Waals surface area (Å²) in [5.41, 5.74) is 1.46. The molecule has 3 amide bonds. The van der Waals surface area contributed by atoms with E-state index in [1.54, 1.807) is 19.2 Å². The predicted molar refractivity (Wildman–Crippen MR) is 99.4 cm³/mol. The summed E-state index contributed by atoms with van der Waals surface area (Å²) in [6, 6.07) is 8.35. The molecule has 136 valence electrons. The number of anilines is 1. The Hall–Kier alpha value is -3.02. The van der Waals surface area contributed by atoms with Gasteiger partial charge in [-0.2, -0.15) is 0 Å². The second kappa shape index (κ2) is 5.74. The summed E-state index contributed by atoms with van der Waals surface area (Å²) in [5.74, 6) is -1.04. The van der Waals surface area contributed by atoms with Gasteiger partial charge in [0.2, 0.25) is 17.7 Å². The van der Waals surface area contributed by atoms with Crippen LogP contribution in [0.5, 0.6) is 0 Å². The van der Waals surface area contributed by atoms with E-state index < -0.39 is 6.04 Å². The molecule has 27 heavy (non-hydrogen) atoms. The third-order valence-electron chi connectivity index (χ3n) is 6.14. The van der Waals surface area contributed by atoms with E-state index in [2.05, 4.69) is 10.3 Å². The number of allylic oxidation sites excluding steroid dienone is 2. The van der Waals surface area contributed by atoms with E-state index >= 15 is 0 Å². The van der Waals surface area contributed by atoms with Crippen LogP contribution in [0.3, 0.4) is 0 Å². The van der Waals surface area contributed by atoms with Gasteiger partial charge in [-0.1, -0.05) is 18.2 Å². The van der Waals surface area contributed by atoms with Gasteiger partial charge in [-0.25, -0.2) is 0 Å². The third kappa shape index (κ3) is 2.32. The molecule has 5 rings (SSSR count). The summed E-state index contributed by atoms with van der Waals surface area (Å²) in [5, 5.41) is 3.74. The predicted octanol–water partition coefficient (Wildman–Crippen LogP) is 2.37. The third-order valence-corrected chi connectivity index (χ3v) is 6.14. The van der Waals surface area contributed by atoms with Crippen molar-refractivity contribution >= 4 is 34.3 Å². The monoisotopic (exact) mass is 361 g/mol. The first-order valence-corrected chi connectivity index (χ1v) is 9.25. The molecule has 5 atom stereocenters. The standard InChI is InChI=1S/C21H19N3O3/c1-11(19(25)23-15-6-7-16-12(10-15)3-2-8-22-16)24-20(26)17-13-4-5-14(9-13)18(17)21(24)27/h2-8,10-11,13-14,17-18H,9H2,1H3,(H,23,25)/t11-,13+,14+,17-,18-/m1/s1. The molecule has 1 saturated carbocycles. The fourth-order valence-electron chi connectivity index (χ4n) is 4.82. The Bertz CT molecular complexity index is 985. The van der Waals surface area contributed by atoms with Gasteiger partial charge in [0.1, 0.15) is 6.04 Å². The van der Waals surface area contributed by atoms with Crippen LogP contribution in [-0.2, 0) is 14.4 Å². The Balaban J connectivity index is 1.36. The summed E-state index contributed by atoms with van der Waals surface area (Å²) in [6.45, 7) is 1.62. The maximum absolute atomic E-state index is 12.8. The SMILES string of the molecule is C[C@H](C(=O)Nc1ccc2ncccc2c1)N1C(=O)[C@H]2[C@H](C1=O)[C@H]1C=C[C@H]2C1. The van der Waals surface area contributed by atoms with Crippen LogP contribution in [0.1, 0.15) is 13.3 Å². The van der Waals surface area contributed by atoms with Crippen LogP contribution in [0.15, 0.2) is 48.7 Å². The number of rotatable bonds is 3. The number of nitrogens with zero attached hydrogens (tertiary/aromatic N) is 2. The van der Waals surface area contributed by atoms with Crippen molar-refractivity contribution < 1.29 is 14.4 Å². The second-order valence-corrected chi connectivity index (χ2v) is 7.62. The molecule has 3 aliphatic rings. The average molecular weight is 361 g/mol. The molecule has 1 aromatic heterocycles. The largest absolute Gasteiger partial charge is 0.324 e. The molecular formula is C21H19N3O3. The van der Waals surface area contributed by atoms with Gasteiger partial charge in [0.05, 0.1) is 17.4 Å². The lowest BCUT2D eigenvalue weighted by molar-refractivity contribution is -0.146. The van der Waals surface area contributed by atoms with Crippen molar-refractivity contribution in [1.29, 1.82) is 0 Å². The molecule has 6 heteroatoms. The molecular weight excluding hydrogens is 342 g/mol. The average Bonchev–Trinajstić information content (AvgIpc) is 3.35. The van der Waals surface area contributed by atoms with Crippen molar-refractivity contribution in [2.75, 3.05) is 5.32 Å². The molecule has 2 fully saturated rings. The lowest BCUT2D eigenvalue weighted by Gasteiger charge is -2.23. The number of aromatic nitrogens is 1. The Labute approximate surface area is 156 Å². The quantitative estimate of drug-likeness (QED) is 0.672. The van der Waals surface area contributed by atoms with E-state index in [1.165, 1.54) is 4.90 Å². The number of hydrogen-bond acceptors (Lipinski definition) is 4. The molecule has 2 heterocycles. The summed E-state index contributed by atoms with van der Waals surface area (Å²) < 4.78 is 0. The van der Waals surface area contributed by atoms with Crippen LogP contribution < -0.4 is 5.32 Å². The first-order chi connectivity index (χ1) is 13.0. The number of likely N-dealkylation sites (tertiary alicyclic amines) is 1. The summed E-state index contributed by atoms with van der Waals surface area (Å²) in [7, 11) is 0. The fraction of sp³-hybridized carbons (Fsp3) is 0.333. The molecule has 0 unspecified atom stereocenters. The fourth-order valence-corrected chi connectivity index (χ4v) is 4.82. The van der Waals surface area contributed by atoms with E-state index in [9.17, 15) is 14.4 Å². The normalized spacial score (nSPS) is 29.4. The van der Waals surface area contributed by atoms with Crippen LogP contribution in [0.4, 0.5) is 5.69 Å². The van der Waals surface area contributed by atoms with Crippen LogP contribution in [0.25, 0.3) is 10.9 Å². The number of carbonyl (C=O) groups excluding carboxylic acids is 3. The Morgan fingerprint density at radius 3 is 2.56 bits per heavy atom. The highest BCUT2D eigenvalue weighted by molar-refractivity contribution is 6.10. The number of benzene rings is 1. The number of fused-ring (bicyclic) bond motifs is 6. The highest BCUT2D eigenvalue weighted by Crippen LogP contribution is 2.52. The van der Waals surface area contributed by atoms with E-state index in [0.29, 0.717) is 5.69 Å². The zero-order chi connectivity index (χ0) is 18.7.